The lowest BCUT2D eigenvalue weighted by Crippen LogP contribution is -2.54. The molecule has 0 aromatic heterocycles. The van der Waals surface area contributed by atoms with Crippen molar-refractivity contribution in [3.05, 3.63) is 70.5 Å². The van der Waals surface area contributed by atoms with E-state index in [0.29, 0.717) is 30.5 Å². The number of hydrogen-bond donors (Lipinski definition) is 1. The van der Waals surface area contributed by atoms with Crippen LogP contribution in [0, 0.1) is 11.7 Å². The molecule has 5 nitrogen and oxygen atoms in total. The minimum absolute atomic E-state index is 0.0508. The molecule has 0 radical (unpaired) electrons. The van der Waals surface area contributed by atoms with Gasteiger partial charge in [0.05, 0.1) is 23.3 Å². The Morgan fingerprint density at radius 2 is 1.57 bits per heavy atom. The van der Waals surface area contributed by atoms with E-state index in [1.807, 2.05) is 0 Å². The summed E-state index contributed by atoms with van der Waals surface area (Å²) < 4.78 is 101. The van der Waals surface area contributed by atoms with Gasteiger partial charge in [-0.2, -0.15) is 26.3 Å². The third-order valence-corrected chi connectivity index (χ3v) is 8.02. The number of hydrogen-bond acceptors (Lipinski definition) is 3. The number of halogens is 7. The van der Waals surface area contributed by atoms with Crippen molar-refractivity contribution in [2.24, 2.45) is 5.92 Å². The SMILES string of the molecule is C[C@@H](O[C@H]1CN2C(=O)CC(C(C)(C)NC=O)C[C@H]2[C@@H]1c1ccc(F)cc1)c1cc(C(F)(F)F)cc(C(F)(F)F)c1. The van der Waals surface area contributed by atoms with E-state index in [2.05, 4.69) is 5.32 Å². The number of ether oxygens (including phenoxy) is 1. The van der Waals surface area contributed by atoms with Crippen LogP contribution in [0.15, 0.2) is 42.5 Å². The van der Waals surface area contributed by atoms with E-state index >= 15 is 0 Å². The number of carbonyl (C=O) groups excluding carboxylic acids is 2. The molecule has 1 N–H and O–H groups in total. The van der Waals surface area contributed by atoms with Crippen LogP contribution in [-0.4, -0.2) is 41.4 Å². The maximum absolute atomic E-state index is 13.7. The normalized spacial score (nSPS) is 24.6. The molecule has 0 saturated carbocycles. The van der Waals surface area contributed by atoms with Crippen molar-refractivity contribution in [1.82, 2.24) is 10.2 Å². The highest BCUT2D eigenvalue weighted by atomic mass is 19.4. The molecular formula is C28H29F7N2O3. The molecule has 12 heteroatoms. The second-order valence-corrected chi connectivity index (χ2v) is 11.0. The number of rotatable bonds is 7. The van der Waals surface area contributed by atoms with Crippen molar-refractivity contribution in [3.63, 3.8) is 0 Å². The van der Waals surface area contributed by atoms with Crippen LogP contribution < -0.4 is 5.32 Å². The fourth-order valence-corrected chi connectivity index (χ4v) is 5.77. The predicted octanol–water partition coefficient (Wildman–Crippen LogP) is 6.24. The number of nitrogens with one attached hydrogen (secondary N) is 1. The molecule has 218 valence electrons. The molecule has 2 saturated heterocycles. The van der Waals surface area contributed by atoms with E-state index in [9.17, 15) is 40.3 Å². The zero-order valence-corrected chi connectivity index (χ0v) is 21.9. The molecule has 2 heterocycles. The number of benzene rings is 2. The lowest BCUT2D eigenvalue weighted by Gasteiger charge is -2.43. The highest BCUT2D eigenvalue weighted by Crippen LogP contribution is 2.46. The average Bonchev–Trinajstić information content (AvgIpc) is 3.21. The molecule has 2 aliphatic heterocycles. The maximum Gasteiger partial charge on any atom is 0.416 e. The van der Waals surface area contributed by atoms with Crippen molar-refractivity contribution < 1.29 is 45.1 Å². The highest BCUT2D eigenvalue weighted by molar-refractivity contribution is 5.79. The standard InChI is InChI=1S/C28H29F7N2O3/c1-15(17-8-19(27(30,31)32)10-20(9-17)28(33,34)35)40-23-13-37-22(25(23)16-4-6-21(29)7-5-16)11-18(12-24(37)39)26(2,3)36-14-38/h4-10,14-15,18,22-23,25H,11-13H2,1-3H3,(H,36,38)/t15-,18?,22+,23+,25+/m1/s1. The van der Waals surface area contributed by atoms with Gasteiger partial charge in [0.2, 0.25) is 12.3 Å². The smallest absolute Gasteiger partial charge is 0.368 e. The summed E-state index contributed by atoms with van der Waals surface area (Å²) in [5, 5.41) is 2.74. The van der Waals surface area contributed by atoms with E-state index in [4.69, 9.17) is 4.74 Å². The second kappa shape index (κ2) is 10.7. The van der Waals surface area contributed by atoms with Gasteiger partial charge in [0.1, 0.15) is 5.82 Å². The molecule has 4 rings (SSSR count). The Hall–Kier alpha value is -3.15. The van der Waals surface area contributed by atoms with Crippen LogP contribution in [0.25, 0.3) is 0 Å². The van der Waals surface area contributed by atoms with Crippen molar-refractivity contribution >= 4 is 12.3 Å². The van der Waals surface area contributed by atoms with E-state index in [-0.39, 0.29) is 36.4 Å². The fourth-order valence-electron chi connectivity index (χ4n) is 5.77. The third kappa shape index (κ3) is 6.11. The third-order valence-electron chi connectivity index (χ3n) is 8.02. The van der Waals surface area contributed by atoms with Gasteiger partial charge in [0.15, 0.2) is 0 Å². The molecule has 2 aliphatic rings. The van der Waals surface area contributed by atoms with Crippen LogP contribution in [0.5, 0.6) is 0 Å². The Labute approximate surface area is 226 Å². The summed E-state index contributed by atoms with van der Waals surface area (Å²) in [5.41, 5.74) is -3.33. The van der Waals surface area contributed by atoms with Crippen LogP contribution in [0.3, 0.4) is 0 Å². The number of fused-ring (bicyclic) bond motifs is 1. The predicted molar refractivity (Wildman–Crippen MR) is 130 cm³/mol. The van der Waals surface area contributed by atoms with Crippen molar-refractivity contribution in [1.29, 1.82) is 0 Å². The summed E-state index contributed by atoms with van der Waals surface area (Å²) in [6.07, 6.45) is -10.9. The summed E-state index contributed by atoms with van der Waals surface area (Å²) in [4.78, 5) is 26.0. The van der Waals surface area contributed by atoms with Crippen LogP contribution in [0.2, 0.25) is 0 Å². The van der Waals surface area contributed by atoms with Crippen LogP contribution >= 0.6 is 0 Å². The molecule has 2 aromatic rings. The molecule has 0 spiro atoms. The minimum atomic E-state index is -5.01. The Bertz CT molecular complexity index is 1210. The first-order chi connectivity index (χ1) is 18.5. The Morgan fingerprint density at radius 3 is 2.10 bits per heavy atom. The van der Waals surface area contributed by atoms with Crippen molar-refractivity contribution in [3.8, 4) is 0 Å². The Balaban J connectivity index is 1.70. The molecular weight excluding hydrogens is 545 g/mol. The van der Waals surface area contributed by atoms with Gasteiger partial charge in [-0.05, 0) is 74.6 Å². The minimum Gasteiger partial charge on any atom is -0.368 e. The average molecular weight is 575 g/mol. The molecule has 40 heavy (non-hydrogen) atoms. The monoisotopic (exact) mass is 574 g/mol. The molecule has 2 fully saturated rings. The van der Waals surface area contributed by atoms with Gasteiger partial charge in [0.25, 0.3) is 0 Å². The van der Waals surface area contributed by atoms with E-state index in [1.54, 1.807) is 18.7 Å². The van der Waals surface area contributed by atoms with Gasteiger partial charge in [-0.25, -0.2) is 4.39 Å². The zero-order chi connectivity index (χ0) is 29.6. The van der Waals surface area contributed by atoms with Gasteiger partial charge >= 0.3 is 12.4 Å². The fraction of sp³-hybridized carbons (Fsp3) is 0.500. The quantitative estimate of drug-likeness (QED) is 0.315. The lowest BCUT2D eigenvalue weighted by atomic mass is 9.74. The molecule has 2 amide bonds. The number of alkyl halides is 6. The van der Waals surface area contributed by atoms with Crippen molar-refractivity contribution in [2.45, 2.75) is 75.7 Å². The zero-order valence-electron chi connectivity index (χ0n) is 21.9. The van der Waals surface area contributed by atoms with Gasteiger partial charge in [-0.3, -0.25) is 9.59 Å². The molecule has 0 aliphatic carbocycles. The summed E-state index contributed by atoms with van der Waals surface area (Å²) in [7, 11) is 0. The highest BCUT2D eigenvalue weighted by Gasteiger charge is 2.51. The number of amides is 2. The second-order valence-electron chi connectivity index (χ2n) is 11.0. The maximum atomic E-state index is 13.7. The molecule has 5 atom stereocenters. The Morgan fingerprint density at radius 1 is 1.00 bits per heavy atom. The molecule has 1 unspecified atom stereocenters. The summed E-state index contributed by atoms with van der Waals surface area (Å²) in [6.45, 7) is 4.99. The van der Waals surface area contributed by atoms with Gasteiger partial charge in [-0.15, -0.1) is 0 Å². The summed E-state index contributed by atoms with van der Waals surface area (Å²) >= 11 is 0. The van der Waals surface area contributed by atoms with Crippen LogP contribution in [-0.2, 0) is 26.7 Å². The van der Waals surface area contributed by atoms with Crippen LogP contribution in [0.4, 0.5) is 30.7 Å². The van der Waals surface area contributed by atoms with Gasteiger partial charge in [-0.1, -0.05) is 12.1 Å². The largest absolute Gasteiger partial charge is 0.416 e. The Kier molecular flexibility index (Phi) is 7.96. The lowest BCUT2D eigenvalue weighted by molar-refractivity contribution is -0.143. The van der Waals surface area contributed by atoms with E-state index in [0.717, 1.165) is 0 Å². The first-order valence-corrected chi connectivity index (χ1v) is 12.7. The summed E-state index contributed by atoms with van der Waals surface area (Å²) in [6, 6.07) is 6.39. The summed E-state index contributed by atoms with van der Waals surface area (Å²) in [5.74, 6) is -1.52. The number of piperidine rings is 1. The van der Waals surface area contributed by atoms with Gasteiger partial charge in [0, 0.05) is 30.5 Å². The van der Waals surface area contributed by atoms with Crippen molar-refractivity contribution in [2.75, 3.05) is 6.54 Å². The number of carbonyl (C=O) groups is 2. The van der Waals surface area contributed by atoms with E-state index in [1.165, 1.54) is 31.2 Å². The molecule has 0 bridgehead atoms. The molecule has 2 aromatic carbocycles. The van der Waals surface area contributed by atoms with E-state index < -0.39 is 59.0 Å². The topological polar surface area (TPSA) is 58.6 Å². The van der Waals surface area contributed by atoms with Crippen LogP contribution in [0.1, 0.15) is 67.9 Å². The first kappa shape index (κ1) is 29.8. The van der Waals surface area contributed by atoms with Gasteiger partial charge < -0.3 is 15.0 Å². The number of nitrogens with zero attached hydrogens (tertiary/aromatic N) is 1. The first-order valence-electron chi connectivity index (χ1n) is 12.7.